The number of hydrogen-bond acceptors (Lipinski definition) is 3. The van der Waals surface area contributed by atoms with Crippen molar-refractivity contribution in [3.8, 4) is 0 Å². The third kappa shape index (κ3) is 3.55. The van der Waals surface area contributed by atoms with Gasteiger partial charge in [-0.1, -0.05) is 18.2 Å². The van der Waals surface area contributed by atoms with Gasteiger partial charge in [0.25, 0.3) is 0 Å². The van der Waals surface area contributed by atoms with Crippen molar-refractivity contribution in [3.63, 3.8) is 0 Å². The van der Waals surface area contributed by atoms with Crippen molar-refractivity contribution in [2.45, 2.75) is 26.4 Å². The second kappa shape index (κ2) is 4.99. The molecule has 0 aliphatic carbocycles. The molecule has 0 saturated carbocycles. The molecule has 0 saturated heterocycles. The van der Waals surface area contributed by atoms with Crippen molar-refractivity contribution >= 4 is 11.8 Å². The van der Waals surface area contributed by atoms with E-state index in [4.69, 9.17) is 4.74 Å². The summed E-state index contributed by atoms with van der Waals surface area (Å²) in [5, 5.41) is 9.17. The number of carbonyl (C=O) groups is 1. The van der Waals surface area contributed by atoms with Crippen molar-refractivity contribution in [2.75, 3.05) is 11.6 Å². The predicted molar refractivity (Wildman–Crippen MR) is 62.2 cm³/mol. The summed E-state index contributed by atoms with van der Waals surface area (Å²) in [5.74, 6) is 0. The van der Waals surface area contributed by atoms with Crippen molar-refractivity contribution in [1.29, 1.82) is 0 Å². The van der Waals surface area contributed by atoms with Gasteiger partial charge in [0.05, 0.1) is 0 Å². The molecule has 0 fully saturated rings. The standard InChI is InChI=1S/C12H17NO3/c1-12(2,3)16-11(15)13(9-14)10-7-5-4-6-8-10/h4-8,14H,9H2,1-3H3. The average molecular weight is 223 g/mol. The maximum Gasteiger partial charge on any atom is 0.416 e. The number of benzene rings is 1. The summed E-state index contributed by atoms with van der Waals surface area (Å²) >= 11 is 0. The van der Waals surface area contributed by atoms with E-state index in [0.717, 1.165) is 0 Å². The normalized spacial score (nSPS) is 11.0. The largest absolute Gasteiger partial charge is 0.443 e. The number of ether oxygens (including phenoxy) is 1. The first-order valence-corrected chi connectivity index (χ1v) is 5.10. The number of aliphatic hydroxyl groups is 1. The third-order valence-corrected chi connectivity index (χ3v) is 1.82. The van der Waals surface area contributed by atoms with Crippen LogP contribution >= 0.6 is 0 Å². The lowest BCUT2D eigenvalue weighted by Crippen LogP contribution is -2.37. The molecule has 1 amide bonds. The van der Waals surface area contributed by atoms with Gasteiger partial charge in [-0.15, -0.1) is 0 Å². The van der Waals surface area contributed by atoms with Gasteiger partial charge in [0.2, 0.25) is 0 Å². The highest BCUT2D eigenvalue weighted by atomic mass is 16.6. The topological polar surface area (TPSA) is 49.8 Å². The molecule has 0 atom stereocenters. The molecule has 0 radical (unpaired) electrons. The van der Waals surface area contributed by atoms with E-state index in [2.05, 4.69) is 0 Å². The molecule has 0 spiro atoms. The van der Waals surface area contributed by atoms with Gasteiger partial charge in [-0.3, -0.25) is 4.90 Å². The molecule has 0 unspecified atom stereocenters. The van der Waals surface area contributed by atoms with E-state index in [1.165, 1.54) is 4.90 Å². The molecule has 16 heavy (non-hydrogen) atoms. The summed E-state index contributed by atoms with van der Waals surface area (Å²) in [6.45, 7) is 4.95. The van der Waals surface area contributed by atoms with Crippen LogP contribution < -0.4 is 4.90 Å². The number of rotatable bonds is 2. The highest BCUT2D eigenvalue weighted by molar-refractivity contribution is 5.87. The third-order valence-electron chi connectivity index (χ3n) is 1.82. The van der Waals surface area contributed by atoms with E-state index in [-0.39, 0.29) is 0 Å². The molecule has 0 aromatic heterocycles. The van der Waals surface area contributed by atoms with E-state index in [9.17, 15) is 9.90 Å². The van der Waals surface area contributed by atoms with Gasteiger partial charge in [-0.05, 0) is 32.9 Å². The predicted octanol–water partition coefficient (Wildman–Crippen LogP) is 2.38. The van der Waals surface area contributed by atoms with E-state index in [0.29, 0.717) is 5.69 Å². The van der Waals surface area contributed by atoms with Crippen molar-refractivity contribution in [1.82, 2.24) is 0 Å². The number of carbonyl (C=O) groups excluding carboxylic acids is 1. The summed E-state index contributed by atoms with van der Waals surface area (Å²) < 4.78 is 5.17. The summed E-state index contributed by atoms with van der Waals surface area (Å²) in [5.41, 5.74) is 0.0403. The lowest BCUT2D eigenvalue weighted by molar-refractivity contribution is 0.0546. The molecule has 88 valence electrons. The number of nitrogens with zero attached hydrogens (tertiary/aromatic N) is 1. The van der Waals surface area contributed by atoms with Gasteiger partial charge in [0.1, 0.15) is 12.3 Å². The molecule has 4 nitrogen and oxygen atoms in total. The van der Waals surface area contributed by atoms with E-state index in [1.807, 2.05) is 6.07 Å². The van der Waals surface area contributed by atoms with Crippen LogP contribution in [0.1, 0.15) is 20.8 Å². The number of anilines is 1. The van der Waals surface area contributed by atoms with Gasteiger partial charge < -0.3 is 9.84 Å². The Hall–Kier alpha value is -1.55. The molecule has 1 N–H and O–H groups in total. The first kappa shape index (κ1) is 12.5. The maximum atomic E-state index is 11.7. The molecule has 1 aromatic rings. The Balaban J connectivity index is 2.80. The molecular formula is C12H17NO3. The molecule has 0 bridgehead atoms. The van der Waals surface area contributed by atoms with Crippen LogP contribution in [0.3, 0.4) is 0 Å². The molecule has 0 aliphatic rings. The Labute approximate surface area is 95.5 Å². The van der Waals surface area contributed by atoms with E-state index >= 15 is 0 Å². The zero-order chi connectivity index (χ0) is 12.2. The second-order valence-corrected chi connectivity index (χ2v) is 4.39. The van der Waals surface area contributed by atoms with Gasteiger partial charge in [0.15, 0.2) is 0 Å². The molecule has 1 aromatic carbocycles. The maximum absolute atomic E-state index is 11.7. The zero-order valence-electron chi connectivity index (χ0n) is 9.80. The molecule has 0 heterocycles. The van der Waals surface area contributed by atoms with Gasteiger partial charge >= 0.3 is 6.09 Å². The monoisotopic (exact) mass is 223 g/mol. The van der Waals surface area contributed by atoms with Gasteiger partial charge in [-0.2, -0.15) is 0 Å². The molecular weight excluding hydrogens is 206 g/mol. The van der Waals surface area contributed by atoms with Crippen LogP contribution in [0.4, 0.5) is 10.5 Å². The SMILES string of the molecule is CC(C)(C)OC(=O)N(CO)c1ccccc1. The van der Waals surface area contributed by atoms with Gasteiger partial charge in [-0.25, -0.2) is 4.79 Å². The van der Waals surface area contributed by atoms with Crippen LogP contribution in [0.25, 0.3) is 0 Å². The Kier molecular flexibility index (Phi) is 3.90. The number of hydrogen-bond donors (Lipinski definition) is 1. The minimum absolute atomic E-state index is 0.404. The molecule has 1 rings (SSSR count). The average Bonchev–Trinajstić information content (AvgIpc) is 2.17. The fraction of sp³-hybridized carbons (Fsp3) is 0.417. The minimum atomic E-state index is -0.570. The molecule has 0 aliphatic heterocycles. The molecule has 4 heteroatoms. The number of aliphatic hydroxyl groups excluding tert-OH is 1. The van der Waals surface area contributed by atoms with Crippen LogP contribution in [-0.2, 0) is 4.74 Å². The van der Waals surface area contributed by atoms with Crippen molar-refractivity contribution in [3.05, 3.63) is 30.3 Å². The smallest absolute Gasteiger partial charge is 0.416 e. The Morgan fingerprint density at radius 2 is 1.88 bits per heavy atom. The summed E-state index contributed by atoms with van der Waals surface area (Å²) in [7, 11) is 0. The van der Waals surface area contributed by atoms with Crippen LogP contribution in [0.2, 0.25) is 0 Å². The van der Waals surface area contributed by atoms with Crippen molar-refractivity contribution < 1.29 is 14.6 Å². The minimum Gasteiger partial charge on any atom is -0.443 e. The Morgan fingerprint density at radius 1 is 1.31 bits per heavy atom. The van der Waals surface area contributed by atoms with Crippen LogP contribution in [0.5, 0.6) is 0 Å². The lowest BCUT2D eigenvalue weighted by atomic mass is 10.2. The second-order valence-electron chi connectivity index (χ2n) is 4.39. The number of amides is 1. The lowest BCUT2D eigenvalue weighted by Gasteiger charge is -2.25. The van der Waals surface area contributed by atoms with E-state index < -0.39 is 18.4 Å². The fourth-order valence-corrected chi connectivity index (χ4v) is 1.17. The van der Waals surface area contributed by atoms with Crippen molar-refractivity contribution in [2.24, 2.45) is 0 Å². The Bertz CT molecular complexity index is 343. The highest BCUT2D eigenvalue weighted by Crippen LogP contribution is 2.16. The van der Waals surface area contributed by atoms with E-state index in [1.54, 1.807) is 45.0 Å². The fourth-order valence-electron chi connectivity index (χ4n) is 1.17. The number of para-hydroxylation sites is 1. The first-order chi connectivity index (χ1) is 7.44. The van der Waals surface area contributed by atoms with Crippen LogP contribution in [0.15, 0.2) is 30.3 Å². The van der Waals surface area contributed by atoms with Gasteiger partial charge in [0, 0.05) is 5.69 Å². The zero-order valence-corrected chi connectivity index (χ0v) is 9.80. The van der Waals surface area contributed by atoms with Crippen LogP contribution in [-0.4, -0.2) is 23.5 Å². The first-order valence-electron chi connectivity index (χ1n) is 5.10. The quantitative estimate of drug-likeness (QED) is 0.783. The Morgan fingerprint density at radius 3 is 2.31 bits per heavy atom. The highest BCUT2D eigenvalue weighted by Gasteiger charge is 2.22. The summed E-state index contributed by atoms with van der Waals surface area (Å²) in [6, 6.07) is 8.90. The summed E-state index contributed by atoms with van der Waals surface area (Å²) in [4.78, 5) is 12.9. The summed E-state index contributed by atoms with van der Waals surface area (Å²) in [6.07, 6.45) is -0.554. The van der Waals surface area contributed by atoms with Crippen LogP contribution in [0, 0.1) is 0 Å².